The Morgan fingerprint density at radius 2 is 2.47 bits per heavy atom. The fourth-order valence-electron chi connectivity index (χ4n) is 2.07. The summed E-state index contributed by atoms with van der Waals surface area (Å²) >= 11 is 2.02. The van der Waals surface area contributed by atoms with Gasteiger partial charge in [-0.25, -0.2) is 4.98 Å². The molecule has 1 aromatic rings. The van der Waals surface area contributed by atoms with Crippen molar-refractivity contribution in [3.63, 3.8) is 0 Å². The second-order valence-electron chi connectivity index (χ2n) is 4.32. The Morgan fingerprint density at radius 3 is 3.24 bits per heavy atom. The monoisotopic (exact) mass is 348 g/mol. The fraction of sp³-hybridized carbons (Fsp3) is 0.636. The van der Waals surface area contributed by atoms with Gasteiger partial charge in [0.1, 0.15) is 9.39 Å². The van der Waals surface area contributed by atoms with Crippen LogP contribution in [-0.2, 0) is 0 Å². The number of H-pyrrole nitrogens is 1. The lowest BCUT2D eigenvalue weighted by molar-refractivity contribution is 0.364. The number of piperidine rings is 1. The number of nitrogens with one attached hydrogen (secondary N) is 3. The van der Waals surface area contributed by atoms with Crippen LogP contribution in [-0.4, -0.2) is 29.6 Å². The minimum Gasteiger partial charge on any atom is -0.369 e. The van der Waals surface area contributed by atoms with Gasteiger partial charge in [0.15, 0.2) is 0 Å². The minimum absolute atomic E-state index is 0.0811. The molecule has 5 nitrogen and oxygen atoms in total. The largest absolute Gasteiger partial charge is 0.369 e. The average Bonchev–Trinajstić information content (AvgIpc) is 2.36. The summed E-state index contributed by atoms with van der Waals surface area (Å²) in [6.45, 7) is 3.14. The number of hydrogen-bond acceptors (Lipinski definition) is 4. The van der Waals surface area contributed by atoms with Gasteiger partial charge in [0, 0.05) is 6.54 Å². The molecular weight excluding hydrogens is 331 g/mol. The maximum Gasteiger partial charge on any atom is 0.266 e. The van der Waals surface area contributed by atoms with E-state index in [1.807, 2.05) is 22.6 Å². The molecule has 1 saturated heterocycles. The van der Waals surface area contributed by atoms with Crippen molar-refractivity contribution in [1.29, 1.82) is 0 Å². The van der Waals surface area contributed by atoms with Gasteiger partial charge in [-0.1, -0.05) is 0 Å². The summed E-state index contributed by atoms with van der Waals surface area (Å²) in [5, 5.41) is 6.64. The Labute approximate surface area is 114 Å². The van der Waals surface area contributed by atoms with Crippen molar-refractivity contribution in [1.82, 2.24) is 15.3 Å². The first-order valence-electron chi connectivity index (χ1n) is 5.95. The second kappa shape index (κ2) is 6.34. The molecule has 17 heavy (non-hydrogen) atoms. The van der Waals surface area contributed by atoms with Crippen LogP contribution in [0.4, 0.5) is 5.82 Å². The van der Waals surface area contributed by atoms with Gasteiger partial charge >= 0.3 is 0 Å². The van der Waals surface area contributed by atoms with E-state index in [0.29, 0.717) is 9.39 Å². The summed E-state index contributed by atoms with van der Waals surface area (Å²) < 4.78 is 0.631. The van der Waals surface area contributed by atoms with E-state index in [-0.39, 0.29) is 5.56 Å². The molecular formula is C11H17IN4O. The summed E-state index contributed by atoms with van der Waals surface area (Å²) in [4.78, 5) is 18.0. The van der Waals surface area contributed by atoms with Gasteiger partial charge in [0.25, 0.3) is 5.56 Å². The van der Waals surface area contributed by atoms with Gasteiger partial charge in [-0.3, -0.25) is 4.79 Å². The number of nitrogens with zero attached hydrogens (tertiary/aromatic N) is 1. The predicted octanol–water partition coefficient (Wildman–Crippen LogP) is 1.18. The first-order valence-corrected chi connectivity index (χ1v) is 7.03. The molecule has 94 valence electrons. The zero-order valence-corrected chi connectivity index (χ0v) is 11.8. The number of aromatic amines is 1. The van der Waals surface area contributed by atoms with E-state index >= 15 is 0 Å². The molecule has 0 radical (unpaired) electrons. The van der Waals surface area contributed by atoms with Gasteiger partial charge in [-0.05, 0) is 60.9 Å². The molecule has 3 N–H and O–H groups in total. The Kier molecular flexibility index (Phi) is 4.78. The van der Waals surface area contributed by atoms with Crippen LogP contribution in [0.1, 0.15) is 19.3 Å². The third kappa shape index (κ3) is 3.67. The Bertz CT molecular complexity index is 414. The van der Waals surface area contributed by atoms with Crippen LogP contribution >= 0.6 is 22.6 Å². The first-order chi connectivity index (χ1) is 8.27. The smallest absolute Gasteiger partial charge is 0.266 e. The van der Waals surface area contributed by atoms with Crippen LogP contribution in [0.3, 0.4) is 0 Å². The van der Waals surface area contributed by atoms with E-state index in [4.69, 9.17) is 0 Å². The van der Waals surface area contributed by atoms with E-state index < -0.39 is 0 Å². The van der Waals surface area contributed by atoms with E-state index in [9.17, 15) is 4.79 Å². The number of aromatic nitrogens is 2. The molecule has 1 atom stereocenters. The van der Waals surface area contributed by atoms with Crippen molar-refractivity contribution in [3.05, 3.63) is 20.3 Å². The van der Waals surface area contributed by atoms with Crippen LogP contribution in [0.5, 0.6) is 0 Å². The summed E-state index contributed by atoms with van der Waals surface area (Å²) in [6, 6.07) is 0. The zero-order chi connectivity index (χ0) is 12.1. The Morgan fingerprint density at radius 1 is 1.59 bits per heavy atom. The van der Waals surface area contributed by atoms with Gasteiger partial charge in [0.2, 0.25) is 0 Å². The molecule has 0 spiro atoms. The fourth-order valence-corrected chi connectivity index (χ4v) is 2.56. The second-order valence-corrected chi connectivity index (χ2v) is 5.40. The molecule has 0 amide bonds. The van der Waals surface area contributed by atoms with Crippen molar-refractivity contribution in [2.75, 3.05) is 25.0 Å². The van der Waals surface area contributed by atoms with Crippen LogP contribution < -0.4 is 16.2 Å². The summed E-state index contributed by atoms with van der Waals surface area (Å²) in [5.41, 5.74) is -0.0811. The van der Waals surface area contributed by atoms with Crippen LogP contribution in [0.15, 0.2) is 11.1 Å². The number of hydrogen-bond donors (Lipinski definition) is 3. The van der Waals surface area contributed by atoms with E-state index in [1.165, 1.54) is 19.2 Å². The van der Waals surface area contributed by atoms with E-state index in [1.54, 1.807) is 0 Å². The summed E-state index contributed by atoms with van der Waals surface area (Å²) in [6.07, 6.45) is 5.13. The zero-order valence-electron chi connectivity index (χ0n) is 9.63. The molecule has 1 aliphatic rings. The molecule has 1 fully saturated rings. The maximum absolute atomic E-state index is 11.4. The standard InChI is InChI=1S/C11H17IN4O/c12-9-10(15-7-16-11(9)17)14-5-3-8-2-1-4-13-6-8/h7-8,13H,1-6H2,(H2,14,15,16,17). The lowest BCUT2D eigenvalue weighted by Crippen LogP contribution is -2.31. The van der Waals surface area contributed by atoms with Crippen molar-refractivity contribution in [3.8, 4) is 0 Å². The first kappa shape index (κ1) is 12.8. The minimum atomic E-state index is -0.0811. The molecule has 1 aliphatic heterocycles. The lowest BCUT2D eigenvalue weighted by Gasteiger charge is -2.22. The van der Waals surface area contributed by atoms with Crippen molar-refractivity contribution in [2.45, 2.75) is 19.3 Å². The highest BCUT2D eigenvalue weighted by atomic mass is 127. The normalized spacial score (nSPS) is 20.2. The lowest BCUT2D eigenvalue weighted by atomic mass is 9.96. The molecule has 0 aromatic carbocycles. The third-order valence-electron chi connectivity index (χ3n) is 3.04. The van der Waals surface area contributed by atoms with Crippen molar-refractivity contribution in [2.24, 2.45) is 5.92 Å². The molecule has 1 unspecified atom stereocenters. The van der Waals surface area contributed by atoms with Crippen LogP contribution in [0.25, 0.3) is 0 Å². The number of halogens is 1. The van der Waals surface area contributed by atoms with Gasteiger partial charge in [-0.15, -0.1) is 0 Å². The summed E-state index contributed by atoms with van der Waals surface area (Å²) in [7, 11) is 0. The molecule has 6 heteroatoms. The van der Waals surface area contributed by atoms with Crippen LogP contribution in [0, 0.1) is 9.49 Å². The highest BCUT2D eigenvalue weighted by molar-refractivity contribution is 14.1. The van der Waals surface area contributed by atoms with Crippen LogP contribution in [0.2, 0.25) is 0 Å². The number of rotatable bonds is 4. The molecule has 1 aromatic heterocycles. The van der Waals surface area contributed by atoms with Crippen molar-refractivity contribution >= 4 is 28.4 Å². The quantitative estimate of drug-likeness (QED) is 0.715. The van der Waals surface area contributed by atoms with E-state index in [0.717, 1.165) is 32.0 Å². The molecule has 0 bridgehead atoms. The van der Waals surface area contributed by atoms with Gasteiger partial charge in [-0.2, -0.15) is 0 Å². The van der Waals surface area contributed by atoms with Gasteiger partial charge in [0.05, 0.1) is 6.33 Å². The predicted molar refractivity (Wildman–Crippen MR) is 76.3 cm³/mol. The maximum atomic E-state index is 11.4. The summed E-state index contributed by atoms with van der Waals surface area (Å²) in [5.74, 6) is 1.44. The van der Waals surface area contributed by atoms with Gasteiger partial charge < -0.3 is 15.6 Å². The van der Waals surface area contributed by atoms with E-state index in [2.05, 4.69) is 20.6 Å². The molecule has 2 heterocycles. The molecule has 0 saturated carbocycles. The third-order valence-corrected chi connectivity index (χ3v) is 4.04. The highest BCUT2D eigenvalue weighted by Gasteiger charge is 2.12. The number of anilines is 1. The Balaban J connectivity index is 1.81. The Hall–Kier alpha value is -0.630. The highest BCUT2D eigenvalue weighted by Crippen LogP contribution is 2.15. The molecule has 2 rings (SSSR count). The molecule has 0 aliphatic carbocycles. The topological polar surface area (TPSA) is 69.8 Å². The van der Waals surface area contributed by atoms with Crippen molar-refractivity contribution < 1.29 is 0 Å². The SMILES string of the molecule is O=c1[nH]cnc(NCCC2CCCNC2)c1I. The average molecular weight is 348 g/mol.